The van der Waals surface area contributed by atoms with Crippen molar-refractivity contribution in [2.75, 3.05) is 25.0 Å². The third-order valence-electron chi connectivity index (χ3n) is 3.53. The van der Waals surface area contributed by atoms with E-state index in [0.717, 1.165) is 25.9 Å². The molecule has 120 valence electrons. The van der Waals surface area contributed by atoms with E-state index in [1.165, 1.54) is 0 Å². The Bertz CT molecular complexity index is 740. The van der Waals surface area contributed by atoms with Gasteiger partial charge in [-0.2, -0.15) is 15.8 Å². The van der Waals surface area contributed by atoms with E-state index < -0.39 is 0 Å². The van der Waals surface area contributed by atoms with Crippen molar-refractivity contribution in [3.05, 3.63) is 35.5 Å². The molecule has 0 radical (unpaired) electrons. The van der Waals surface area contributed by atoms with Crippen molar-refractivity contribution >= 4 is 11.6 Å². The molecule has 2 rings (SSSR count). The zero-order valence-corrected chi connectivity index (χ0v) is 13.0. The number of allylic oxidation sites excluding steroid dienone is 2. The SMILES string of the molecule is N#CC(C#N)=C(C#N)Nc1ccc(OCC(=O)N2CCCC2)cc1. The van der Waals surface area contributed by atoms with Crippen LogP contribution in [0.1, 0.15) is 12.8 Å². The van der Waals surface area contributed by atoms with Crippen molar-refractivity contribution < 1.29 is 9.53 Å². The topological polar surface area (TPSA) is 113 Å². The van der Waals surface area contributed by atoms with Gasteiger partial charge in [0.05, 0.1) is 0 Å². The molecule has 24 heavy (non-hydrogen) atoms. The highest BCUT2D eigenvalue weighted by Gasteiger charge is 2.18. The van der Waals surface area contributed by atoms with E-state index in [1.807, 2.05) is 0 Å². The zero-order valence-electron chi connectivity index (χ0n) is 13.0. The predicted octanol–water partition coefficient (Wildman–Crippen LogP) is 1.92. The number of nitrogens with one attached hydrogen (secondary N) is 1. The lowest BCUT2D eigenvalue weighted by Gasteiger charge is -2.15. The van der Waals surface area contributed by atoms with Crippen LogP contribution in [0.2, 0.25) is 0 Å². The molecule has 7 nitrogen and oxygen atoms in total. The van der Waals surface area contributed by atoms with E-state index in [0.29, 0.717) is 11.4 Å². The Hall–Kier alpha value is -3.50. The van der Waals surface area contributed by atoms with Crippen LogP contribution in [-0.2, 0) is 4.79 Å². The summed E-state index contributed by atoms with van der Waals surface area (Å²) in [6.45, 7) is 1.56. The van der Waals surface area contributed by atoms with Crippen LogP contribution in [0.3, 0.4) is 0 Å². The van der Waals surface area contributed by atoms with Crippen molar-refractivity contribution in [1.29, 1.82) is 15.8 Å². The highest BCUT2D eigenvalue weighted by molar-refractivity contribution is 5.78. The number of nitrogens with zero attached hydrogens (tertiary/aromatic N) is 4. The fraction of sp³-hybridized carbons (Fsp3) is 0.294. The second kappa shape index (κ2) is 8.22. The molecule has 0 bridgehead atoms. The van der Waals surface area contributed by atoms with Gasteiger partial charge in [0, 0.05) is 18.8 Å². The molecule has 1 aliphatic rings. The number of carbonyl (C=O) groups excluding carboxylic acids is 1. The smallest absolute Gasteiger partial charge is 0.260 e. The average molecular weight is 321 g/mol. The van der Waals surface area contributed by atoms with E-state index in [2.05, 4.69) is 5.32 Å². The summed E-state index contributed by atoms with van der Waals surface area (Å²) in [5, 5.41) is 29.3. The summed E-state index contributed by atoms with van der Waals surface area (Å²) >= 11 is 0. The van der Waals surface area contributed by atoms with Crippen molar-refractivity contribution in [3.8, 4) is 24.0 Å². The molecule has 1 amide bonds. The Kier molecular flexibility index (Phi) is 5.77. The lowest BCUT2D eigenvalue weighted by atomic mass is 10.2. The molecule has 7 heteroatoms. The first kappa shape index (κ1) is 16.9. The molecule has 0 saturated carbocycles. The Labute approximate surface area is 140 Å². The van der Waals surface area contributed by atoms with Gasteiger partial charge < -0.3 is 15.0 Å². The molecule has 1 aromatic rings. The van der Waals surface area contributed by atoms with Gasteiger partial charge in [0.25, 0.3) is 5.91 Å². The second-order valence-corrected chi connectivity index (χ2v) is 5.11. The van der Waals surface area contributed by atoms with Crippen LogP contribution in [0.5, 0.6) is 5.75 Å². The minimum atomic E-state index is -0.283. The monoisotopic (exact) mass is 321 g/mol. The van der Waals surface area contributed by atoms with Gasteiger partial charge in [-0.3, -0.25) is 4.79 Å². The van der Waals surface area contributed by atoms with Crippen LogP contribution >= 0.6 is 0 Å². The number of amides is 1. The van der Waals surface area contributed by atoms with Gasteiger partial charge in [-0.25, -0.2) is 0 Å². The van der Waals surface area contributed by atoms with Gasteiger partial charge in [0.15, 0.2) is 12.2 Å². The first-order chi connectivity index (χ1) is 11.7. The Balaban J connectivity index is 1.95. The summed E-state index contributed by atoms with van der Waals surface area (Å²) in [7, 11) is 0. The third kappa shape index (κ3) is 4.25. The summed E-state index contributed by atoms with van der Waals surface area (Å²) in [6, 6.07) is 11.7. The highest BCUT2D eigenvalue weighted by Crippen LogP contribution is 2.18. The number of rotatable bonds is 5. The van der Waals surface area contributed by atoms with Gasteiger partial charge in [-0.05, 0) is 37.1 Å². The molecule has 0 unspecified atom stereocenters. The molecule has 0 spiro atoms. The number of ether oxygens (including phenoxy) is 1. The van der Waals surface area contributed by atoms with E-state index in [-0.39, 0.29) is 23.8 Å². The fourth-order valence-electron chi connectivity index (χ4n) is 2.26. The number of benzene rings is 1. The maximum absolute atomic E-state index is 11.9. The highest BCUT2D eigenvalue weighted by atomic mass is 16.5. The van der Waals surface area contributed by atoms with Crippen molar-refractivity contribution in [3.63, 3.8) is 0 Å². The van der Waals surface area contributed by atoms with Crippen LogP contribution in [0.15, 0.2) is 35.5 Å². The lowest BCUT2D eigenvalue weighted by molar-refractivity contribution is -0.132. The minimum Gasteiger partial charge on any atom is -0.484 e. The standard InChI is InChI=1S/C17H15N5O2/c18-9-13(10-19)16(11-20)21-14-3-5-15(6-4-14)24-12-17(23)22-7-1-2-8-22/h3-6,21H,1-2,7-8,12H2. The molecule has 1 aromatic carbocycles. The summed E-state index contributed by atoms with van der Waals surface area (Å²) in [4.78, 5) is 13.7. The molecule has 0 aromatic heterocycles. The van der Waals surface area contributed by atoms with Crippen molar-refractivity contribution in [2.24, 2.45) is 0 Å². The van der Waals surface area contributed by atoms with E-state index in [4.69, 9.17) is 20.5 Å². The predicted molar refractivity (Wildman–Crippen MR) is 85.2 cm³/mol. The normalized spacial score (nSPS) is 12.5. The van der Waals surface area contributed by atoms with Gasteiger partial charge in [0.1, 0.15) is 29.7 Å². The number of hydrogen-bond donors (Lipinski definition) is 1. The number of likely N-dealkylation sites (tertiary alicyclic amines) is 1. The maximum Gasteiger partial charge on any atom is 0.260 e. The van der Waals surface area contributed by atoms with Crippen LogP contribution in [0.4, 0.5) is 5.69 Å². The van der Waals surface area contributed by atoms with Crippen molar-refractivity contribution in [2.45, 2.75) is 12.8 Å². The third-order valence-corrected chi connectivity index (χ3v) is 3.53. The molecule has 1 fully saturated rings. The van der Waals surface area contributed by atoms with E-state index in [9.17, 15) is 4.79 Å². The summed E-state index contributed by atoms with van der Waals surface area (Å²) in [5.41, 5.74) is 0.139. The molecule has 1 saturated heterocycles. The average Bonchev–Trinajstić information content (AvgIpc) is 3.15. The number of nitriles is 3. The molecule has 0 aliphatic carbocycles. The van der Waals surface area contributed by atoms with Crippen LogP contribution in [0.25, 0.3) is 0 Å². The summed E-state index contributed by atoms with van der Waals surface area (Å²) in [6.07, 6.45) is 2.07. The van der Waals surface area contributed by atoms with E-state index in [1.54, 1.807) is 47.4 Å². The van der Waals surface area contributed by atoms with Crippen molar-refractivity contribution in [1.82, 2.24) is 4.90 Å². The van der Waals surface area contributed by atoms with Gasteiger partial charge in [-0.15, -0.1) is 0 Å². The molecule has 0 atom stereocenters. The van der Waals surface area contributed by atoms with Crippen LogP contribution in [0, 0.1) is 34.0 Å². The number of hydrogen-bond acceptors (Lipinski definition) is 6. The molecular formula is C17H15N5O2. The minimum absolute atomic E-state index is 0.0108. The Morgan fingerprint density at radius 3 is 2.25 bits per heavy atom. The molecule has 1 heterocycles. The van der Waals surface area contributed by atoms with E-state index >= 15 is 0 Å². The lowest BCUT2D eigenvalue weighted by Crippen LogP contribution is -2.32. The van der Waals surface area contributed by atoms with Gasteiger partial charge >= 0.3 is 0 Å². The second-order valence-electron chi connectivity index (χ2n) is 5.11. The Morgan fingerprint density at radius 1 is 1.08 bits per heavy atom. The number of carbonyl (C=O) groups is 1. The largest absolute Gasteiger partial charge is 0.484 e. The van der Waals surface area contributed by atoms with Gasteiger partial charge in [-0.1, -0.05) is 0 Å². The summed E-state index contributed by atoms with van der Waals surface area (Å²) < 4.78 is 5.46. The first-order valence-corrected chi connectivity index (χ1v) is 7.40. The molecular weight excluding hydrogens is 306 g/mol. The Morgan fingerprint density at radius 2 is 1.71 bits per heavy atom. The molecule has 1 aliphatic heterocycles. The van der Waals surface area contributed by atoms with Crippen LogP contribution in [-0.4, -0.2) is 30.5 Å². The quantitative estimate of drug-likeness (QED) is 0.829. The molecule has 1 N–H and O–H groups in total. The fourth-order valence-corrected chi connectivity index (χ4v) is 2.26. The zero-order chi connectivity index (χ0) is 17.4. The maximum atomic E-state index is 11.9. The first-order valence-electron chi connectivity index (χ1n) is 7.40. The summed E-state index contributed by atoms with van der Waals surface area (Å²) in [5.74, 6) is 0.494. The number of anilines is 1. The van der Waals surface area contributed by atoms with Crippen LogP contribution < -0.4 is 10.1 Å². The van der Waals surface area contributed by atoms with Gasteiger partial charge in [0.2, 0.25) is 0 Å².